The molecule has 0 aromatic heterocycles. The van der Waals surface area contributed by atoms with Crippen LogP contribution < -0.4 is 0 Å². The van der Waals surface area contributed by atoms with E-state index in [0.29, 0.717) is 11.1 Å². The third-order valence-electron chi connectivity index (χ3n) is 3.98. The van der Waals surface area contributed by atoms with E-state index in [-0.39, 0.29) is 5.41 Å². The minimum Gasteiger partial charge on any atom is -0.386 e. The number of ether oxygens (including phenoxy) is 1. The van der Waals surface area contributed by atoms with E-state index in [0.717, 1.165) is 12.0 Å². The molecule has 0 aliphatic heterocycles. The monoisotopic (exact) mass is 296 g/mol. The molecule has 114 valence electrons. The number of hydrogen-bond donors (Lipinski definition) is 0. The van der Waals surface area contributed by atoms with Gasteiger partial charge in [0.15, 0.2) is 0 Å². The summed E-state index contributed by atoms with van der Waals surface area (Å²) in [6.07, 6.45) is 1.00. The molecule has 0 fully saturated rings. The predicted octanol–water partition coefficient (Wildman–Crippen LogP) is 4.37. The van der Waals surface area contributed by atoms with Crippen molar-refractivity contribution < 1.29 is 14.3 Å². The van der Waals surface area contributed by atoms with E-state index in [9.17, 15) is 9.59 Å². The van der Waals surface area contributed by atoms with Crippen molar-refractivity contribution in [3.8, 4) is 0 Å². The van der Waals surface area contributed by atoms with Crippen molar-refractivity contribution in [1.29, 1.82) is 0 Å². The van der Waals surface area contributed by atoms with Crippen molar-refractivity contribution in [1.82, 2.24) is 0 Å². The van der Waals surface area contributed by atoms with Gasteiger partial charge in [0.25, 0.3) is 0 Å². The SMILES string of the molecule is CCC(C)(C)c1ccc(C(=O)OC(=O)c2ccccc2)cc1. The van der Waals surface area contributed by atoms with E-state index in [1.54, 1.807) is 42.5 Å². The molecule has 0 aliphatic rings. The molecule has 0 amide bonds. The van der Waals surface area contributed by atoms with E-state index in [4.69, 9.17) is 4.74 Å². The second-order valence-corrected chi connectivity index (χ2v) is 5.86. The highest BCUT2D eigenvalue weighted by Crippen LogP contribution is 2.26. The first-order valence-electron chi connectivity index (χ1n) is 7.36. The van der Waals surface area contributed by atoms with Crippen molar-refractivity contribution >= 4 is 11.9 Å². The second kappa shape index (κ2) is 6.56. The van der Waals surface area contributed by atoms with E-state index < -0.39 is 11.9 Å². The third-order valence-corrected chi connectivity index (χ3v) is 3.98. The molecule has 0 bridgehead atoms. The van der Waals surface area contributed by atoms with Crippen LogP contribution in [0.15, 0.2) is 54.6 Å². The highest BCUT2D eigenvalue weighted by Gasteiger charge is 2.19. The summed E-state index contributed by atoms with van der Waals surface area (Å²) in [4.78, 5) is 23.9. The molecule has 22 heavy (non-hydrogen) atoms. The summed E-state index contributed by atoms with van der Waals surface area (Å²) in [6.45, 7) is 6.43. The molecule has 0 saturated carbocycles. The van der Waals surface area contributed by atoms with Gasteiger partial charge < -0.3 is 4.74 Å². The van der Waals surface area contributed by atoms with Crippen molar-refractivity contribution in [3.05, 3.63) is 71.3 Å². The maximum absolute atomic E-state index is 12.0. The lowest BCUT2D eigenvalue weighted by atomic mass is 9.82. The molecular weight excluding hydrogens is 276 g/mol. The van der Waals surface area contributed by atoms with E-state index in [1.807, 2.05) is 12.1 Å². The molecule has 0 spiro atoms. The Kier molecular flexibility index (Phi) is 4.76. The zero-order chi connectivity index (χ0) is 16.2. The highest BCUT2D eigenvalue weighted by atomic mass is 16.6. The van der Waals surface area contributed by atoms with Crippen LogP contribution in [0.1, 0.15) is 53.5 Å². The lowest BCUT2D eigenvalue weighted by molar-refractivity contribution is 0.0398. The van der Waals surface area contributed by atoms with Crippen LogP contribution in [0, 0.1) is 0 Å². The Bertz CT molecular complexity index is 655. The molecule has 0 unspecified atom stereocenters. The first-order valence-corrected chi connectivity index (χ1v) is 7.36. The Morgan fingerprint density at radius 2 is 1.36 bits per heavy atom. The summed E-state index contributed by atoms with van der Waals surface area (Å²) in [7, 11) is 0. The van der Waals surface area contributed by atoms with Gasteiger partial charge in [0, 0.05) is 0 Å². The molecule has 0 saturated heterocycles. The van der Waals surface area contributed by atoms with Gasteiger partial charge in [-0.15, -0.1) is 0 Å². The Morgan fingerprint density at radius 1 is 0.864 bits per heavy atom. The molecule has 2 aromatic carbocycles. The van der Waals surface area contributed by atoms with E-state index >= 15 is 0 Å². The molecule has 0 N–H and O–H groups in total. The van der Waals surface area contributed by atoms with Gasteiger partial charge >= 0.3 is 11.9 Å². The Morgan fingerprint density at radius 3 is 1.86 bits per heavy atom. The highest BCUT2D eigenvalue weighted by molar-refractivity contribution is 6.02. The number of rotatable bonds is 4. The topological polar surface area (TPSA) is 43.4 Å². The van der Waals surface area contributed by atoms with Crippen LogP contribution in [0.2, 0.25) is 0 Å². The fourth-order valence-electron chi connectivity index (χ4n) is 2.04. The second-order valence-electron chi connectivity index (χ2n) is 5.86. The third kappa shape index (κ3) is 3.61. The summed E-state index contributed by atoms with van der Waals surface area (Å²) in [5, 5.41) is 0. The molecule has 0 radical (unpaired) electrons. The minimum absolute atomic E-state index is 0.0578. The molecule has 0 aliphatic carbocycles. The molecule has 0 atom stereocenters. The quantitative estimate of drug-likeness (QED) is 0.621. The average Bonchev–Trinajstić information content (AvgIpc) is 2.55. The van der Waals surface area contributed by atoms with Crippen LogP contribution in [0.5, 0.6) is 0 Å². The average molecular weight is 296 g/mol. The Balaban J connectivity index is 2.09. The summed E-state index contributed by atoms with van der Waals surface area (Å²) in [5.41, 5.74) is 1.95. The fourth-order valence-corrected chi connectivity index (χ4v) is 2.04. The molecule has 2 aromatic rings. The number of benzene rings is 2. The number of hydrogen-bond acceptors (Lipinski definition) is 3. The Labute approximate surface area is 130 Å². The van der Waals surface area contributed by atoms with Crippen LogP contribution in [0.25, 0.3) is 0 Å². The van der Waals surface area contributed by atoms with Gasteiger partial charge in [0.1, 0.15) is 0 Å². The minimum atomic E-state index is -0.636. The van der Waals surface area contributed by atoms with Crippen LogP contribution in [0.3, 0.4) is 0 Å². The normalized spacial score (nSPS) is 11.0. The summed E-state index contributed by atoms with van der Waals surface area (Å²) < 4.78 is 4.90. The zero-order valence-electron chi connectivity index (χ0n) is 13.1. The first-order chi connectivity index (χ1) is 10.4. The molecule has 2 rings (SSSR count). The van der Waals surface area contributed by atoms with Gasteiger partial charge in [-0.05, 0) is 41.7 Å². The van der Waals surface area contributed by atoms with Crippen molar-refractivity contribution in [2.45, 2.75) is 32.6 Å². The lowest BCUT2D eigenvalue weighted by Crippen LogP contribution is -2.16. The van der Waals surface area contributed by atoms with Crippen molar-refractivity contribution in [2.75, 3.05) is 0 Å². The molecular formula is C19H20O3. The largest absolute Gasteiger partial charge is 0.386 e. The number of esters is 2. The molecule has 3 nitrogen and oxygen atoms in total. The Hall–Kier alpha value is -2.42. The summed E-state index contributed by atoms with van der Waals surface area (Å²) in [6, 6.07) is 15.7. The van der Waals surface area contributed by atoms with Gasteiger partial charge in [-0.25, -0.2) is 9.59 Å². The first kappa shape index (κ1) is 16.0. The van der Waals surface area contributed by atoms with Crippen molar-refractivity contribution in [2.24, 2.45) is 0 Å². The van der Waals surface area contributed by atoms with Gasteiger partial charge in [-0.1, -0.05) is 51.1 Å². The van der Waals surface area contributed by atoms with Crippen LogP contribution in [0.4, 0.5) is 0 Å². The van der Waals surface area contributed by atoms with Gasteiger partial charge in [-0.2, -0.15) is 0 Å². The molecule has 3 heteroatoms. The molecule has 0 heterocycles. The zero-order valence-corrected chi connectivity index (χ0v) is 13.1. The van der Waals surface area contributed by atoms with Crippen molar-refractivity contribution in [3.63, 3.8) is 0 Å². The summed E-state index contributed by atoms with van der Waals surface area (Å²) >= 11 is 0. The predicted molar refractivity (Wildman–Crippen MR) is 85.9 cm³/mol. The maximum Gasteiger partial charge on any atom is 0.346 e. The fraction of sp³-hybridized carbons (Fsp3) is 0.263. The smallest absolute Gasteiger partial charge is 0.346 e. The number of carbonyl (C=O) groups is 2. The standard InChI is InChI=1S/C19H20O3/c1-4-19(2,3)16-12-10-15(11-13-16)18(21)22-17(20)14-8-6-5-7-9-14/h5-13H,4H2,1-3H3. The van der Waals surface area contributed by atoms with Crippen LogP contribution in [-0.2, 0) is 10.2 Å². The van der Waals surface area contributed by atoms with E-state index in [1.165, 1.54) is 0 Å². The maximum atomic E-state index is 12.0. The van der Waals surface area contributed by atoms with Gasteiger partial charge in [-0.3, -0.25) is 0 Å². The van der Waals surface area contributed by atoms with Crippen LogP contribution >= 0.6 is 0 Å². The van der Waals surface area contributed by atoms with E-state index in [2.05, 4.69) is 20.8 Å². The lowest BCUT2D eigenvalue weighted by Gasteiger charge is -2.23. The van der Waals surface area contributed by atoms with Crippen LogP contribution in [-0.4, -0.2) is 11.9 Å². The van der Waals surface area contributed by atoms with Gasteiger partial charge in [0.05, 0.1) is 11.1 Å². The van der Waals surface area contributed by atoms with Gasteiger partial charge in [0.2, 0.25) is 0 Å². The number of carbonyl (C=O) groups excluding carboxylic acids is 2. The summed E-state index contributed by atoms with van der Waals surface area (Å²) in [5.74, 6) is -1.27.